The van der Waals surface area contributed by atoms with Crippen LogP contribution in [0.1, 0.15) is 58.1 Å². The molecular formula is C32H45N7O2. The molecule has 0 atom stereocenters. The van der Waals surface area contributed by atoms with Crippen LogP contribution in [0.3, 0.4) is 0 Å². The number of hydrogen-bond donors (Lipinski definition) is 0. The van der Waals surface area contributed by atoms with Crippen molar-refractivity contribution in [3.63, 3.8) is 0 Å². The van der Waals surface area contributed by atoms with Crippen molar-refractivity contribution in [2.24, 2.45) is 0 Å². The van der Waals surface area contributed by atoms with Crippen molar-refractivity contribution in [1.82, 2.24) is 33.5 Å². The van der Waals surface area contributed by atoms with Gasteiger partial charge in [-0.05, 0) is 56.7 Å². The summed E-state index contributed by atoms with van der Waals surface area (Å²) >= 11 is 0. The van der Waals surface area contributed by atoms with Gasteiger partial charge in [0.15, 0.2) is 11.2 Å². The normalized spacial score (nSPS) is 11.9. The number of imidazole rings is 1. The van der Waals surface area contributed by atoms with E-state index in [-0.39, 0.29) is 17.4 Å². The van der Waals surface area contributed by atoms with Gasteiger partial charge in [0, 0.05) is 31.4 Å². The number of hydrogen-bond acceptors (Lipinski definition) is 6. The van der Waals surface area contributed by atoms with Crippen LogP contribution in [-0.2, 0) is 32.5 Å². The van der Waals surface area contributed by atoms with Crippen LogP contribution in [0.25, 0.3) is 11.2 Å². The highest BCUT2D eigenvalue weighted by atomic mass is 16.2. The molecule has 41 heavy (non-hydrogen) atoms. The van der Waals surface area contributed by atoms with E-state index in [0.717, 1.165) is 43.3 Å². The Hall–Kier alpha value is -3.56. The maximum absolute atomic E-state index is 14.1. The first-order chi connectivity index (χ1) is 20.0. The molecule has 3 heterocycles. The van der Waals surface area contributed by atoms with E-state index >= 15 is 0 Å². The second-order valence-electron chi connectivity index (χ2n) is 10.4. The maximum Gasteiger partial charge on any atom is 0.332 e. The van der Waals surface area contributed by atoms with Gasteiger partial charge in [-0.25, -0.2) is 9.78 Å². The molecule has 0 aliphatic carbocycles. The minimum Gasteiger partial charge on any atom is -0.319 e. The summed E-state index contributed by atoms with van der Waals surface area (Å²) in [4.78, 5) is 42.3. The van der Waals surface area contributed by atoms with Crippen LogP contribution in [0.4, 0.5) is 0 Å². The van der Waals surface area contributed by atoms with Crippen molar-refractivity contribution in [3.05, 3.63) is 92.6 Å². The standard InChI is InChI=1S/C32H45N7O2/c1-6-21-38-31(40)29-30(37(32(38)41)22-19-25-16-12-11-13-17-25)34-27(23-26-18-14-15-20-33-26)39(29)24-28(35(7-2)8-3)36(9-4)10-5/h11-18,20,28H,6-10,19,21-24H2,1-5H3. The lowest BCUT2D eigenvalue weighted by Gasteiger charge is -2.38. The molecule has 0 saturated heterocycles. The highest BCUT2D eigenvalue weighted by Crippen LogP contribution is 2.19. The van der Waals surface area contributed by atoms with Gasteiger partial charge in [-0.2, -0.15) is 0 Å². The molecule has 0 radical (unpaired) electrons. The third-order valence-electron chi connectivity index (χ3n) is 7.99. The third kappa shape index (κ3) is 6.68. The summed E-state index contributed by atoms with van der Waals surface area (Å²) in [6, 6.07) is 16.0. The van der Waals surface area contributed by atoms with Crippen molar-refractivity contribution in [3.8, 4) is 0 Å². The summed E-state index contributed by atoms with van der Waals surface area (Å²) in [7, 11) is 0. The van der Waals surface area contributed by atoms with Crippen LogP contribution in [0.2, 0.25) is 0 Å². The van der Waals surface area contributed by atoms with Crippen molar-refractivity contribution in [1.29, 1.82) is 0 Å². The molecule has 9 heteroatoms. The first-order valence-corrected chi connectivity index (χ1v) is 15.1. The van der Waals surface area contributed by atoms with Crippen LogP contribution in [0, 0.1) is 0 Å². The van der Waals surface area contributed by atoms with Crippen LogP contribution < -0.4 is 11.2 Å². The smallest absolute Gasteiger partial charge is 0.319 e. The minimum atomic E-state index is -0.293. The number of fused-ring (bicyclic) bond motifs is 1. The quantitative estimate of drug-likeness (QED) is 0.205. The molecule has 0 N–H and O–H groups in total. The maximum atomic E-state index is 14.1. The fourth-order valence-corrected chi connectivity index (χ4v) is 5.76. The number of aromatic nitrogens is 5. The average Bonchev–Trinajstić information content (AvgIpc) is 3.34. The molecule has 4 rings (SSSR count). The van der Waals surface area contributed by atoms with E-state index < -0.39 is 0 Å². The molecule has 4 aromatic rings. The summed E-state index contributed by atoms with van der Waals surface area (Å²) in [6.07, 6.45) is 3.68. The van der Waals surface area contributed by atoms with Gasteiger partial charge in [-0.1, -0.05) is 71.0 Å². The summed E-state index contributed by atoms with van der Waals surface area (Å²) in [5, 5.41) is 0. The second kappa shape index (κ2) is 14.4. The molecule has 0 spiro atoms. The molecule has 0 bridgehead atoms. The molecule has 0 aliphatic rings. The Kier molecular flexibility index (Phi) is 10.7. The first kappa shape index (κ1) is 30.4. The lowest BCUT2D eigenvalue weighted by molar-refractivity contribution is 0.0438. The van der Waals surface area contributed by atoms with Crippen LogP contribution in [0.15, 0.2) is 64.3 Å². The Labute approximate surface area is 243 Å². The van der Waals surface area contributed by atoms with E-state index in [2.05, 4.69) is 59.2 Å². The summed E-state index contributed by atoms with van der Waals surface area (Å²) in [5.74, 6) is 0.752. The first-order valence-electron chi connectivity index (χ1n) is 15.1. The summed E-state index contributed by atoms with van der Waals surface area (Å²) in [5.41, 5.74) is 2.42. The Balaban J connectivity index is 1.96. The Morgan fingerprint density at radius 3 is 2.02 bits per heavy atom. The van der Waals surface area contributed by atoms with E-state index in [9.17, 15) is 9.59 Å². The Bertz CT molecular complexity index is 1490. The Morgan fingerprint density at radius 1 is 0.780 bits per heavy atom. The topological polar surface area (TPSA) is 81.2 Å². The summed E-state index contributed by atoms with van der Waals surface area (Å²) in [6.45, 7) is 15.6. The zero-order valence-electron chi connectivity index (χ0n) is 25.3. The largest absolute Gasteiger partial charge is 0.332 e. The van der Waals surface area contributed by atoms with E-state index in [1.165, 1.54) is 4.57 Å². The molecular weight excluding hydrogens is 514 g/mol. The van der Waals surface area contributed by atoms with Gasteiger partial charge in [-0.15, -0.1) is 0 Å². The molecule has 220 valence electrons. The fraction of sp³-hybridized carbons (Fsp3) is 0.500. The minimum absolute atomic E-state index is 0.0728. The lowest BCUT2D eigenvalue weighted by atomic mass is 10.1. The summed E-state index contributed by atoms with van der Waals surface area (Å²) < 4.78 is 5.19. The SMILES string of the molecule is CCCn1c(=O)c2c(nc(Cc3ccccn3)n2CC(N(CC)CC)N(CC)CC)n(CCc2ccccc2)c1=O. The van der Waals surface area contributed by atoms with Gasteiger partial charge in [0.25, 0.3) is 5.56 Å². The molecule has 9 nitrogen and oxygen atoms in total. The molecule has 0 amide bonds. The number of pyridine rings is 1. The van der Waals surface area contributed by atoms with Gasteiger partial charge in [0.05, 0.1) is 12.7 Å². The van der Waals surface area contributed by atoms with Crippen LogP contribution >= 0.6 is 0 Å². The van der Waals surface area contributed by atoms with Gasteiger partial charge < -0.3 is 4.57 Å². The molecule has 0 fully saturated rings. The number of nitrogens with zero attached hydrogens (tertiary/aromatic N) is 7. The Morgan fingerprint density at radius 2 is 1.44 bits per heavy atom. The van der Waals surface area contributed by atoms with Gasteiger partial charge in [-0.3, -0.25) is 28.7 Å². The highest BCUT2D eigenvalue weighted by molar-refractivity contribution is 5.71. The molecule has 0 aliphatic heterocycles. The second-order valence-corrected chi connectivity index (χ2v) is 10.4. The number of rotatable bonds is 15. The monoisotopic (exact) mass is 559 g/mol. The molecule has 0 saturated carbocycles. The van der Waals surface area contributed by atoms with E-state index in [4.69, 9.17) is 4.98 Å². The zero-order chi connectivity index (χ0) is 29.4. The van der Waals surface area contributed by atoms with Crippen molar-refractivity contribution >= 4 is 11.2 Å². The van der Waals surface area contributed by atoms with Crippen LogP contribution in [0.5, 0.6) is 0 Å². The third-order valence-corrected chi connectivity index (χ3v) is 7.99. The molecule has 3 aromatic heterocycles. The molecule has 1 aromatic carbocycles. The fourth-order valence-electron chi connectivity index (χ4n) is 5.76. The number of aryl methyl sites for hydroxylation is 2. The highest BCUT2D eigenvalue weighted by Gasteiger charge is 2.27. The predicted octanol–water partition coefficient (Wildman–Crippen LogP) is 4.01. The van der Waals surface area contributed by atoms with Crippen molar-refractivity contribution in [2.45, 2.75) is 79.7 Å². The van der Waals surface area contributed by atoms with Gasteiger partial charge >= 0.3 is 5.69 Å². The van der Waals surface area contributed by atoms with E-state index in [1.54, 1.807) is 10.8 Å². The van der Waals surface area contributed by atoms with Gasteiger partial charge in [0.1, 0.15) is 5.82 Å². The van der Waals surface area contributed by atoms with E-state index in [1.807, 2.05) is 43.3 Å². The number of benzene rings is 1. The molecule has 0 unspecified atom stereocenters. The predicted molar refractivity (Wildman–Crippen MR) is 165 cm³/mol. The lowest BCUT2D eigenvalue weighted by Crippen LogP contribution is -2.51. The van der Waals surface area contributed by atoms with E-state index in [0.29, 0.717) is 50.1 Å². The average molecular weight is 560 g/mol. The zero-order valence-corrected chi connectivity index (χ0v) is 25.3. The van der Waals surface area contributed by atoms with Crippen molar-refractivity contribution < 1.29 is 0 Å². The van der Waals surface area contributed by atoms with Crippen molar-refractivity contribution in [2.75, 3.05) is 26.2 Å². The number of likely N-dealkylation sites (N-methyl/N-ethyl adjacent to an activating group) is 2. The van der Waals surface area contributed by atoms with Crippen LogP contribution in [-0.4, -0.2) is 65.8 Å². The van der Waals surface area contributed by atoms with Gasteiger partial charge in [0.2, 0.25) is 0 Å².